The molecule has 2 aliphatic rings. The zero-order chi connectivity index (χ0) is 34.9. The third-order valence-corrected chi connectivity index (χ3v) is 10.7. The van der Waals surface area contributed by atoms with Crippen LogP contribution in [-0.4, -0.2) is 20.8 Å². The number of hydrogen-bond acceptors (Lipinski definition) is 3. The zero-order valence-corrected chi connectivity index (χ0v) is 28.7. The molecule has 0 saturated heterocycles. The van der Waals surface area contributed by atoms with Gasteiger partial charge in [-0.1, -0.05) is 115 Å². The molecule has 0 spiro atoms. The predicted molar refractivity (Wildman–Crippen MR) is 217 cm³/mol. The summed E-state index contributed by atoms with van der Waals surface area (Å²) in [5.74, 6) is 1.54. The fourth-order valence-corrected chi connectivity index (χ4v) is 8.30. The van der Waals surface area contributed by atoms with Crippen LogP contribution < -0.4 is 9.75 Å². The van der Waals surface area contributed by atoms with E-state index in [1.165, 1.54) is 55.3 Å². The van der Waals surface area contributed by atoms with Crippen molar-refractivity contribution in [1.82, 2.24) is 14.2 Å². The first-order valence-electron chi connectivity index (χ1n) is 18.0. The Labute approximate surface area is 306 Å². The Morgan fingerprint density at radius 3 is 1.85 bits per heavy atom. The second kappa shape index (κ2) is 11.7. The monoisotopic (exact) mass is 680 g/mol. The van der Waals surface area contributed by atoms with Crippen LogP contribution in [0.1, 0.15) is 11.1 Å². The number of rotatable bonds is 4. The third kappa shape index (κ3) is 4.68. The minimum Gasteiger partial charge on any atom is -0.457 e. The maximum Gasteiger partial charge on any atom is 0.129 e. The molecule has 3 heterocycles. The smallest absolute Gasteiger partial charge is 0.129 e. The maximum atomic E-state index is 6.62. The summed E-state index contributed by atoms with van der Waals surface area (Å²) in [6, 6.07) is 57.9. The number of aromatic nitrogens is 3. The van der Waals surface area contributed by atoms with E-state index in [1.807, 2.05) is 36.7 Å². The van der Waals surface area contributed by atoms with Crippen LogP contribution >= 0.6 is 0 Å². The van der Waals surface area contributed by atoms with Crippen LogP contribution in [0.3, 0.4) is 0 Å². The number of nitrogens with zero attached hydrogens (tertiary/aromatic N) is 4. The van der Waals surface area contributed by atoms with Gasteiger partial charge in [-0.15, -0.1) is 0 Å². The van der Waals surface area contributed by atoms with E-state index in [4.69, 9.17) is 4.74 Å². The molecule has 7 aromatic carbocycles. The molecule has 0 fully saturated rings. The average Bonchev–Trinajstić information content (AvgIpc) is 3.80. The van der Waals surface area contributed by atoms with Crippen LogP contribution in [0.25, 0.3) is 71.9 Å². The van der Waals surface area contributed by atoms with Gasteiger partial charge in [0.15, 0.2) is 0 Å². The van der Waals surface area contributed by atoms with Crippen molar-refractivity contribution in [3.63, 3.8) is 0 Å². The fourth-order valence-electron chi connectivity index (χ4n) is 8.30. The van der Waals surface area contributed by atoms with Crippen LogP contribution in [0.5, 0.6) is 11.5 Å². The van der Waals surface area contributed by atoms with Crippen LogP contribution in [0.15, 0.2) is 182 Å². The maximum absolute atomic E-state index is 6.62. The van der Waals surface area contributed by atoms with Gasteiger partial charge in [0.05, 0.1) is 34.3 Å². The number of fused-ring (bicyclic) bond motifs is 12. The third-order valence-electron chi connectivity index (χ3n) is 10.7. The first-order chi connectivity index (χ1) is 26.3. The first-order valence-corrected chi connectivity index (χ1v) is 18.0. The van der Waals surface area contributed by atoms with Gasteiger partial charge in [-0.05, 0) is 81.4 Å². The second-order valence-electron chi connectivity index (χ2n) is 13.6. The molecule has 5 heteroatoms. The van der Waals surface area contributed by atoms with Crippen LogP contribution in [0.4, 0.5) is 0 Å². The van der Waals surface area contributed by atoms with Gasteiger partial charge in [-0.25, -0.2) is 4.98 Å². The Kier molecular flexibility index (Phi) is 6.55. The highest BCUT2D eigenvalue weighted by Crippen LogP contribution is 2.47. The van der Waals surface area contributed by atoms with Crippen molar-refractivity contribution >= 4 is 44.0 Å². The molecule has 0 amide bonds. The van der Waals surface area contributed by atoms with Gasteiger partial charge in [0, 0.05) is 34.7 Å². The van der Waals surface area contributed by atoms with Crippen LogP contribution in [0.2, 0.25) is 0 Å². The summed E-state index contributed by atoms with van der Waals surface area (Å²) in [5.41, 5.74) is 15.2. The Morgan fingerprint density at radius 2 is 1.08 bits per heavy atom. The molecular formula is C48H32N4O. The number of allylic oxidation sites excluding steroid dienone is 2. The fraction of sp³-hybridized carbons (Fsp3) is 0.0208. The van der Waals surface area contributed by atoms with Crippen molar-refractivity contribution in [2.45, 2.75) is 0 Å². The van der Waals surface area contributed by atoms with E-state index in [0.29, 0.717) is 6.54 Å². The van der Waals surface area contributed by atoms with Crippen LogP contribution in [0, 0.1) is 0 Å². The van der Waals surface area contributed by atoms with Gasteiger partial charge in [0.1, 0.15) is 17.8 Å². The van der Waals surface area contributed by atoms with E-state index in [0.717, 1.165) is 39.3 Å². The molecular weight excluding hydrogens is 649 g/mol. The van der Waals surface area contributed by atoms with Gasteiger partial charge >= 0.3 is 0 Å². The summed E-state index contributed by atoms with van der Waals surface area (Å²) in [6.07, 6.45) is 6.61. The SMILES string of the molecule is C1=C2C(=CN(n3c4ccccc4c4ccc(Oc5cccc(-n6cnc7ccccc76)c5)cc43)C1)c1ccccc1-c1ccccc1-c1ccccc12. The average molecular weight is 681 g/mol. The molecule has 11 rings (SSSR count). The Balaban J connectivity index is 1.05. The largest absolute Gasteiger partial charge is 0.457 e. The quantitative estimate of drug-likeness (QED) is 0.186. The highest BCUT2D eigenvalue weighted by molar-refractivity contribution is 6.14. The van der Waals surface area contributed by atoms with Crippen molar-refractivity contribution < 1.29 is 4.74 Å². The van der Waals surface area contributed by atoms with E-state index < -0.39 is 0 Å². The second-order valence-corrected chi connectivity index (χ2v) is 13.6. The zero-order valence-electron chi connectivity index (χ0n) is 28.7. The molecule has 9 aromatic rings. The lowest BCUT2D eigenvalue weighted by Gasteiger charge is -2.32. The van der Waals surface area contributed by atoms with Crippen LogP contribution in [-0.2, 0) is 0 Å². The number of benzene rings is 7. The van der Waals surface area contributed by atoms with E-state index in [1.54, 1.807) is 0 Å². The normalized spacial score (nSPS) is 13.4. The standard InChI is InChI=1S/C48H32N4O/c1-2-15-36-35(14-1)37-16-3-4-18-39(37)41-26-27-50(30-44(41)40-19-6-5-17-38(36)40)52-46-22-9-7-20-42(46)43-25-24-34(29-48(43)52)53-33-13-11-12-32(28-33)51-31-49-45-21-8-10-23-47(45)51/h1-26,28-31H,27H2. The number of ether oxygens (including phenoxy) is 1. The predicted octanol–water partition coefficient (Wildman–Crippen LogP) is 11.6. The Bertz CT molecular complexity index is 2980. The van der Waals surface area contributed by atoms with Crippen molar-refractivity contribution in [1.29, 1.82) is 0 Å². The molecule has 5 nitrogen and oxygen atoms in total. The molecule has 0 saturated carbocycles. The summed E-state index contributed by atoms with van der Waals surface area (Å²) in [4.78, 5) is 4.59. The number of hydrogen-bond donors (Lipinski definition) is 0. The lowest BCUT2D eigenvalue weighted by Crippen LogP contribution is -2.31. The molecule has 1 aliphatic carbocycles. The number of imidazole rings is 1. The molecule has 0 bridgehead atoms. The van der Waals surface area contributed by atoms with Gasteiger partial charge in [-0.3, -0.25) is 14.3 Å². The summed E-state index contributed by atoms with van der Waals surface area (Å²) < 4.78 is 11.1. The van der Waals surface area contributed by atoms with Gasteiger partial charge in [0.25, 0.3) is 0 Å². The summed E-state index contributed by atoms with van der Waals surface area (Å²) in [5, 5.41) is 4.73. The molecule has 53 heavy (non-hydrogen) atoms. The summed E-state index contributed by atoms with van der Waals surface area (Å²) >= 11 is 0. The van der Waals surface area contributed by atoms with E-state index in [9.17, 15) is 0 Å². The van der Waals surface area contributed by atoms with Gasteiger partial charge < -0.3 is 4.74 Å². The topological polar surface area (TPSA) is 35.2 Å². The highest BCUT2D eigenvalue weighted by atomic mass is 16.5. The lowest BCUT2D eigenvalue weighted by atomic mass is 9.79. The Hall–Kier alpha value is -7.11. The van der Waals surface area contributed by atoms with E-state index in [-0.39, 0.29) is 0 Å². The van der Waals surface area contributed by atoms with Crippen molar-refractivity contribution in [2.24, 2.45) is 0 Å². The summed E-state index contributed by atoms with van der Waals surface area (Å²) in [6.45, 7) is 0.705. The minimum atomic E-state index is 0.705. The van der Waals surface area contributed by atoms with E-state index in [2.05, 4.69) is 165 Å². The van der Waals surface area contributed by atoms with Crippen molar-refractivity contribution in [2.75, 3.05) is 11.6 Å². The molecule has 1 aliphatic heterocycles. The summed E-state index contributed by atoms with van der Waals surface area (Å²) in [7, 11) is 0. The number of para-hydroxylation sites is 3. The molecule has 0 unspecified atom stereocenters. The molecule has 2 aromatic heterocycles. The molecule has 0 atom stereocenters. The van der Waals surface area contributed by atoms with E-state index >= 15 is 0 Å². The van der Waals surface area contributed by atoms with Gasteiger partial charge in [-0.2, -0.15) is 0 Å². The molecule has 0 radical (unpaired) electrons. The first kappa shape index (κ1) is 29.6. The van der Waals surface area contributed by atoms with Gasteiger partial charge in [0.2, 0.25) is 0 Å². The lowest BCUT2D eigenvalue weighted by molar-refractivity contribution is 0.483. The highest BCUT2D eigenvalue weighted by Gasteiger charge is 2.27. The molecule has 0 N–H and O–H groups in total. The minimum absolute atomic E-state index is 0.705. The van der Waals surface area contributed by atoms with Crippen molar-refractivity contribution in [3.8, 4) is 39.4 Å². The van der Waals surface area contributed by atoms with Crippen molar-refractivity contribution in [3.05, 3.63) is 194 Å². The Morgan fingerprint density at radius 1 is 0.472 bits per heavy atom. The molecule has 250 valence electrons.